The van der Waals surface area contributed by atoms with Crippen molar-refractivity contribution in [3.8, 4) is 11.5 Å². The highest BCUT2D eigenvalue weighted by atomic mass is 16.6. The third kappa shape index (κ3) is 40.5. The van der Waals surface area contributed by atoms with Crippen LogP contribution in [0.15, 0.2) is 36.4 Å². The number of benzene rings is 2. The molecule has 0 aliphatic heterocycles. The van der Waals surface area contributed by atoms with Gasteiger partial charge in [0, 0.05) is 75.6 Å². The first-order valence-corrected chi connectivity index (χ1v) is 33.0. The number of amides is 5. The van der Waals surface area contributed by atoms with Crippen molar-refractivity contribution >= 4 is 59.6 Å². The standard InChI is InChI=1S/C70H113N7O18/c1-65(2,3)90-58(83)35-30-51(63(88)95-70(16,17)18)76-64(89)75-50(62(87)94-69(13,14)15)24-21-23-37-72-55(80)25-20-19-22-36-73-56(81)33-28-46-26-31-53(78)48(40-46)44-77(45-61(86)93-68(10,11)12)39-38-71-52(42-59(84)91-66(4,5)6)49-41-47(27-32-54(49)79)29-34-57(82)74-43-60(85)92-67(7,8)9/h26-27,31-32,40-41,50-52,71,78-79H,19-25,28-30,33-39,42-45H2,1-18H3,(H,72,80)(H,73,81)(H,74,82)(H2,75,76,89)/t50-,51-,52?/m0/s1. The van der Waals surface area contributed by atoms with Gasteiger partial charge >= 0.3 is 41.8 Å². The minimum Gasteiger partial charge on any atom is -0.508 e. The Morgan fingerprint density at radius 1 is 0.453 bits per heavy atom. The van der Waals surface area contributed by atoms with Gasteiger partial charge in [0.1, 0.15) is 63.7 Å². The highest BCUT2D eigenvalue weighted by Crippen LogP contribution is 2.30. The second-order valence-corrected chi connectivity index (χ2v) is 29.7. The summed E-state index contributed by atoms with van der Waals surface area (Å²) >= 11 is 0. The van der Waals surface area contributed by atoms with Crippen molar-refractivity contribution in [2.24, 2.45) is 0 Å². The molecular weight excluding hydrogens is 1230 g/mol. The summed E-state index contributed by atoms with van der Waals surface area (Å²) in [5.74, 6) is -4.47. The number of aromatic hydroxyl groups is 2. The number of phenols is 2. The van der Waals surface area contributed by atoms with Gasteiger partial charge in [0.05, 0.1) is 13.0 Å². The monoisotopic (exact) mass is 1340 g/mol. The fourth-order valence-corrected chi connectivity index (χ4v) is 9.31. The number of carbonyl (C=O) groups is 10. The first-order valence-electron chi connectivity index (χ1n) is 33.0. The molecular formula is C70H113N7O18. The maximum Gasteiger partial charge on any atom is 0.329 e. The van der Waals surface area contributed by atoms with Gasteiger partial charge in [-0.1, -0.05) is 30.7 Å². The lowest BCUT2D eigenvalue weighted by molar-refractivity contribution is -0.159. The van der Waals surface area contributed by atoms with E-state index in [0.717, 1.165) is 5.56 Å². The molecule has 5 amide bonds. The number of carbonyl (C=O) groups excluding carboxylic acids is 10. The minimum atomic E-state index is -1.23. The summed E-state index contributed by atoms with van der Waals surface area (Å²) in [4.78, 5) is 131. The van der Waals surface area contributed by atoms with Crippen LogP contribution in [0.1, 0.15) is 230 Å². The molecule has 25 nitrogen and oxygen atoms in total. The summed E-state index contributed by atoms with van der Waals surface area (Å²) < 4.78 is 33.1. The van der Waals surface area contributed by atoms with E-state index in [0.29, 0.717) is 68.3 Å². The molecule has 0 aromatic heterocycles. The molecule has 3 atom stereocenters. The first-order chi connectivity index (χ1) is 43.7. The van der Waals surface area contributed by atoms with E-state index < -0.39 is 93.6 Å². The average Bonchev–Trinajstić information content (AvgIpc) is 0.854. The number of nitrogens with zero attached hydrogens (tertiary/aromatic N) is 1. The number of phenolic OH excluding ortho intramolecular Hbond substituents is 2. The molecule has 0 spiro atoms. The van der Waals surface area contributed by atoms with Crippen LogP contribution < -0.4 is 31.9 Å². The van der Waals surface area contributed by atoms with E-state index >= 15 is 0 Å². The van der Waals surface area contributed by atoms with E-state index in [9.17, 15) is 58.2 Å². The topological polar surface area (TPSA) is 342 Å². The lowest BCUT2D eigenvalue weighted by Gasteiger charge is -2.27. The van der Waals surface area contributed by atoms with Gasteiger partial charge in [0.2, 0.25) is 17.7 Å². The molecule has 8 N–H and O–H groups in total. The largest absolute Gasteiger partial charge is 0.508 e. The number of ether oxygens (including phenoxy) is 6. The number of esters is 6. The lowest BCUT2D eigenvalue weighted by Crippen LogP contribution is -2.53. The molecule has 25 heteroatoms. The van der Waals surface area contributed by atoms with Gasteiger partial charge < -0.3 is 70.5 Å². The van der Waals surface area contributed by atoms with E-state index in [1.807, 2.05) is 0 Å². The molecule has 536 valence electrons. The molecule has 0 radical (unpaired) electrons. The number of hydrogen-bond acceptors (Lipinski definition) is 20. The van der Waals surface area contributed by atoms with Crippen molar-refractivity contribution in [1.82, 2.24) is 36.8 Å². The fraction of sp³-hybridized carbons (Fsp3) is 0.686. The third-order valence-electron chi connectivity index (χ3n) is 13.2. The second-order valence-electron chi connectivity index (χ2n) is 29.7. The SMILES string of the molecule is CC(C)(C)OC(=O)CC[C@H](NC(=O)N[C@@H](CCCCNC(=O)CCCCCNC(=O)CCc1ccc(O)c(CN(CCNC(CC(=O)OC(C)(C)C)c2cc(CCC(=O)NCC(=O)OC(C)(C)C)ccc2O)CC(=O)OC(C)(C)C)c1)C(=O)OC(C)(C)C)C(=O)OC(C)(C)C. The number of hydrogen-bond donors (Lipinski definition) is 8. The average molecular weight is 1340 g/mol. The van der Waals surface area contributed by atoms with E-state index in [1.54, 1.807) is 154 Å². The van der Waals surface area contributed by atoms with Crippen molar-refractivity contribution in [1.29, 1.82) is 0 Å². The van der Waals surface area contributed by atoms with Gasteiger partial charge in [0.25, 0.3) is 0 Å². The van der Waals surface area contributed by atoms with E-state index in [4.69, 9.17) is 28.4 Å². The van der Waals surface area contributed by atoms with E-state index in [1.165, 1.54) is 12.1 Å². The molecule has 0 bridgehead atoms. The Hall–Kier alpha value is -7.54. The van der Waals surface area contributed by atoms with Gasteiger partial charge in [-0.15, -0.1) is 0 Å². The summed E-state index contributed by atoms with van der Waals surface area (Å²) in [6.45, 7) is 31.7. The first kappa shape index (κ1) is 83.5. The maximum absolute atomic E-state index is 13.3. The van der Waals surface area contributed by atoms with Crippen LogP contribution in [0.5, 0.6) is 11.5 Å². The smallest absolute Gasteiger partial charge is 0.329 e. The number of nitrogens with one attached hydrogen (secondary N) is 6. The molecule has 2 rings (SSSR count). The number of aryl methyl sites for hydroxylation is 2. The molecule has 0 aliphatic rings. The van der Waals surface area contributed by atoms with Crippen molar-refractivity contribution in [3.05, 3.63) is 58.7 Å². The van der Waals surface area contributed by atoms with Gasteiger partial charge in [-0.2, -0.15) is 0 Å². The zero-order valence-corrected chi connectivity index (χ0v) is 59.9. The Labute approximate surface area is 563 Å². The zero-order valence-electron chi connectivity index (χ0n) is 59.9. The van der Waals surface area contributed by atoms with Crippen LogP contribution in [0, 0.1) is 0 Å². The predicted molar refractivity (Wildman–Crippen MR) is 358 cm³/mol. The number of rotatable bonds is 37. The second kappa shape index (κ2) is 38.9. The number of unbranched alkanes of at least 4 members (excludes halogenated alkanes) is 3. The molecule has 2 aromatic carbocycles. The minimum absolute atomic E-state index is 0.0263. The molecule has 0 saturated carbocycles. The van der Waals surface area contributed by atoms with Crippen LogP contribution in [0.4, 0.5) is 4.79 Å². The molecule has 0 aliphatic carbocycles. The quantitative estimate of drug-likeness (QED) is 0.0179. The van der Waals surface area contributed by atoms with Gasteiger partial charge in [-0.3, -0.25) is 38.5 Å². The predicted octanol–water partition coefficient (Wildman–Crippen LogP) is 8.43. The Bertz CT molecular complexity index is 2850. The highest BCUT2D eigenvalue weighted by molar-refractivity contribution is 5.88. The van der Waals surface area contributed by atoms with Gasteiger partial charge in [-0.05, 0) is 199 Å². The molecule has 0 heterocycles. The lowest BCUT2D eigenvalue weighted by atomic mass is 9.98. The van der Waals surface area contributed by atoms with Gasteiger partial charge in [-0.25, -0.2) is 14.4 Å². The van der Waals surface area contributed by atoms with Crippen molar-refractivity contribution < 1.29 is 86.6 Å². The molecule has 2 aromatic rings. The van der Waals surface area contributed by atoms with Crippen LogP contribution in [-0.2, 0) is 91.0 Å². The Morgan fingerprint density at radius 3 is 1.44 bits per heavy atom. The Balaban J connectivity index is 2.00. The summed E-state index contributed by atoms with van der Waals surface area (Å²) in [6.07, 6.45) is 3.52. The number of urea groups is 1. The fourth-order valence-electron chi connectivity index (χ4n) is 9.31. The van der Waals surface area contributed by atoms with E-state index in [-0.39, 0.29) is 113 Å². The van der Waals surface area contributed by atoms with E-state index in [2.05, 4.69) is 31.9 Å². The van der Waals surface area contributed by atoms with Crippen LogP contribution in [0.3, 0.4) is 0 Å². The zero-order chi connectivity index (χ0) is 72.1. The van der Waals surface area contributed by atoms with Gasteiger partial charge in [0.15, 0.2) is 0 Å². The van der Waals surface area contributed by atoms with Crippen LogP contribution in [0.25, 0.3) is 0 Å². The molecule has 1 unspecified atom stereocenters. The van der Waals surface area contributed by atoms with Crippen LogP contribution in [-0.4, -0.2) is 160 Å². The summed E-state index contributed by atoms with van der Waals surface area (Å²) in [6, 6.07) is 5.94. The maximum atomic E-state index is 13.3. The third-order valence-corrected chi connectivity index (χ3v) is 13.2. The summed E-state index contributed by atoms with van der Waals surface area (Å²) in [5.41, 5.74) is -2.48. The van der Waals surface area contributed by atoms with Crippen molar-refractivity contribution in [2.45, 2.75) is 273 Å². The van der Waals surface area contributed by atoms with Crippen molar-refractivity contribution in [3.63, 3.8) is 0 Å². The van der Waals surface area contributed by atoms with Crippen LogP contribution >= 0.6 is 0 Å². The highest BCUT2D eigenvalue weighted by Gasteiger charge is 2.32. The summed E-state index contributed by atoms with van der Waals surface area (Å²) in [7, 11) is 0. The summed E-state index contributed by atoms with van der Waals surface area (Å²) in [5, 5.41) is 39.2. The van der Waals surface area contributed by atoms with Crippen LogP contribution in [0.2, 0.25) is 0 Å². The molecule has 95 heavy (non-hydrogen) atoms. The molecule has 0 fully saturated rings. The normalized spacial score (nSPS) is 13.1. The Morgan fingerprint density at radius 2 is 0.905 bits per heavy atom. The molecule has 0 saturated heterocycles. The Kier molecular flexibility index (Phi) is 34.2. The van der Waals surface area contributed by atoms with Crippen molar-refractivity contribution in [2.75, 3.05) is 39.3 Å².